The molecule has 2 aromatic rings. The lowest BCUT2D eigenvalue weighted by Gasteiger charge is -2.15. The number of anilines is 2. The third-order valence-corrected chi connectivity index (χ3v) is 3.16. The van der Waals surface area contributed by atoms with Crippen LogP contribution in [0.4, 0.5) is 11.9 Å². The molecule has 0 unspecified atom stereocenters. The van der Waals surface area contributed by atoms with Gasteiger partial charge in [-0.1, -0.05) is 6.07 Å². The Morgan fingerprint density at radius 3 is 2.74 bits per heavy atom. The van der Waals surface area contributed by atoms with Crippen molar-refractivity contribution in [1.29, 1.82) is 0 Å². The van der Waals surface area contributed by atoms with Crippen molar-refractivity contribution in [2.75, 3.05) is 23.7 Å². The monoisotopic (exact) mass is 256 g/mol. The van der Waals surface area contributed by atoms with Gasteiger partial charge >= 0.3 is 0 Å². The van der Waals surface area contributed by atoms with Crippen molar-refractivity contribution in [3.63, 3.8) is 0 Å². The number of aromatic nitrogens is 4. The van der Waals surface area contributed by atoms with Crippen molar-refractivity contribution in [3.05, 3.63) is 35.9 Å². The molecule has 2 aromatic heterocycles. The molecule has 1 aliphatic heterocycles. The first-order valence-electron chi connectivity index (χ1n) is 6.45. The van der Waals surface area contributed by atoms with Gasteiger partial charge in [0.2, 0.25) is 11.9 Å². The molecular formula is C13H16N6. The van der Waals surface area contributed by atoms with Crippen molar-refractivity contribution >= 4 is 11.9 Å². The van der Waals surface area contributed by atoms with Crippen molar-refractivity contribution in [3.8, 4) is 0 Å². The first-order chi connectivity index (χ1) is 9.31. The molecule has 0 bridgehead atoms. The maximum Gasteiger partial charge on any atom is 0.230 e. The van der Waals surface area contributed by atoms with Crippen LogP contribution in [0, 0.1) is 0 Å². The second-order valence-corrected chi connectivity index (χ2v) is 4.64. The Kier molecular flexibility index (Phi) is 3.22. The Labute approximate surface area is 111 Å². The zero-order chi connectivity index (χ0) is 13.1. The molecule has 0 saturated carbocycles. The summed E-state index contributed by atoms with van der Waals surface area (Å²) in [5.41, 5.74) is 6.85. The van der Waals surface area contributed by atoms with E-state index in [4.69, 9.17) is 5.73 Å². The highest BCUT2D eigenvalue weighted by molar-refractivity contribution is 5.36. The molecule has 0 aromatic carbocycles. The highest BCUT2D eigenvalue weighted by Crippen LogP contribution is 2.17. The maximum absolute atomic E-state index is 5.78. The quantitative estimate of drug-likeness (QED) is 0.883. The number of nitrogen functional groups attached to an aromatic ring is 1. The van der Waals surface area contributed by atoms with E-state index < -0.39 is 0 Å². The van der Waals surface area contributed by atoms with Crippen LogP contribution in [0.2, 0.25) is 0 Å². The van der Waals surface area contributed by atoms with Gasteiger partial charge in [0.15, 0.2) is 0 Å². The molecule has 2 N–H and O–H groups in total. The summed E-state index contributed by atoms with van der Waals surface area (Å²) in [5, 5.41) is 0. The highest BCUT2D eigenvalue weighted by Gasteiger charge is 2.16. The van der Waals surface area contributed by atoms with E-state index >= 15 is 0 Å². The smallest absolute Gasteiger partial charge is 0.230 e. The van der Waals surface area contributed by atoms with Gasteiger partial charge in [-0.05, 0) is 24.5 Å². The summed E-state index contributed by atoms with van der Waals surface area (Å²) < 4.78 is 0. The summed E-state index contributed by atoms with van der Waals surface area (Å²) in [6.45, 7) is 1.99. The summed E-state index contributed by atoms with van der Waals surface area (Å²) in [4.78, 5) is 19.2. The Morgan fingerprint density at radius 2 is 2.00 bits per heavy atom. The van der Waals surface area contributed by atoms with Gasteiger partial charge in [0, 0.05) is 31.9 Å². The van der Waals surface area contributed by atoms with Crippen LogP contribution in [0.15, 0.2) is 24.5 Å². The average Bonchev–Trinajstić information content (AvgIpc) is 2.93. The van der Waals surface area contributed by atoms with E-state index in [1.54, 1.807) is 6.20 Å². The van der Waals surface area contributed by atoms with Gasteiger partial charge in [0.25, 0.3) is 0 Å². The summed E-state index contributed by atoms with van der Waals surface area (Å²) in [5.74, 6) is 1.68. The van der Waals surface area contributed by atoms with Gasteiger partial charge in [0.05, 0.1) is 0 Å². The number of rotatable bonds is 3. The molecular weight excluding hydrogens is 240 g/mol. The van der Waals surface area contributed by atoms with Crippen LogP contribution < -0.4 is 10.6 Å². The lowest BCUT2D eigenvalue weighted by Crippen LogP contribution is -2.22. The fourth-order valence-corrected chi connectivity index (χ4v) is 2.25. The topological polar surface area (TPSA) is 80.8 Å². The van der Waals surface area contributed by atoms with Gasteiger partial charge in [-0.15, -0.1) is 0 Å². The molecule has 19 heavy (non-hydrogen) atoms. The van der Waals surface area contributed by atoms with Gasteiger partial charge < -0.3 is 10.6 Å². The van der Waals surface area contributed by atoms with E-state index in [1.807, 2.05) is 18.3 Å². The molecule has 6 heteroatoms. The second kappa shape index (κ2) is 5.17. The number of hydrogen-bond acceptors (Lipinski definition) is 6. The van der Waals surface area contributed by atoms with Crippen LogP contribution in [-0.4, -0.2) is 33.0 Å². The third kappa shape index (κ3) is 2.78. The minimum Gasteiger partial charge on any atom is -0.368 e. The number of nitrogens with zero attached hydrogens (tertiary/aromatic N) is 5. The fraction of sp³-hybridized carbons (Fsp3) is 0.385. The number of pyridine rings is 1. The highest BCUT2D eigenvalue weighted by atomic mass is 15.3. The number of hydrogen-bond donors (Lipinski definition) is 1. The zero-order valence-electron chi connectivity index (χ0n) is 10.7. The van der Waals surface area contributed by atoms with Crippen LogP contribution in [0.25, 0.3) is 0 Å². The number of nitrogens with two attached hydrogens (primary N) is 1. The van der Waals surface area contributed by atoms with Crippen molar-refractivity contribution in [2.24, 2.45) is 0 Å². The molecule has 0 aliphatic carbocycles. The minimum absolute atomic E-state index is 0.288. The Morgan fingerprint density at radius 1 is 1.16 bits per heavy atom. The maximum atomic E-state index is 5.78. The summed E-state index contributed by atoms with van der Waals surface area (Å²) >= 11 is 0. The molecule has 98 valence electrons. The van der Waals surface area contributed by atoms with E-state index in [1.165, 1.54) is 12.8 Å². The molecule has 1 fully saturated rings. The second-order valence-electron chi connectivity index (χ2n) is 4.64. The van der Waals surface area contributed by atoms with E-state index in [-0.39, 0.29) is 5.95 Å². The molecule has 0 atom stereocenters. The first-order valence-corrected chi connectivity index (χ1v) is 6.45. The van der Waals surface area contributed by atoms with Crippen molar-refractivity contribution in [1.82, 2.24) is 19.9 Å². The largest absolute Gasteiger partial charge is 0.368 e. The van der Waals surface area contributed by atoms with Crippen molar-refractivity contribution < 1.29 is 0 Å². The molecule has 0 spiro atoms. The van der Waals surface area contributed by atoms with Crippen LogP contribution in [-0.2, 0) is 6.42 Å². The predicted molar refractivity (Wildman–Crippen MR) is 72.7 cm³/mol. The van der Waals surface area contributed by atoms with Gasteiger partial charge in [-0.25, -0.2) is 0 Å². The third-order valence-electron chi connectivity index (χ3n) is 3.16. The van der Waals surface area contributed by atoms with E-state index in [2.05, 4.69) is 24.8 Å². The van der Waals surface area contributed by atoms with Crippen molar-refractivity contribution in [2.45, 2.75) is 19.3 Å². The van der Waals surface area contributed by atoms with E-state index in [9.17, 15) is 0 Å². The molecule has 3 rings (SSSR count). The predicted octanol–water partition coefficient (Wildman–Crippen LogP) is 1.04. The normalized spacial score (nSPS) is 14.8. The summed E-state index contributed by atoms with van der Waals surface area (Å²) in [6.07, 6.45) is 6.56. The minimum atomic E-state index is 0.288. The van der Waals surface area contributed by atoms with E-state index in [0.717, 1.165) is 18.7 Å². The molecule has 0 amide bonds. The SMILES string of the molecule is Nc1nc(Cc2cccnc2)nc(N2CCCC2)n1. The lowest BCUT2D eigenvalue weighted by molar-refractivity contribution is 0.847. The van der Waals surface area contributed by atoms with Crippen LogP contribution in [0.5, 0.6) is 0 Å². The van der Waals surface area contributed by atoms with Crippen LogP contribution >= 0.6 is 0 Å². The molecule has 6 nitrogen and oxygen atoms in total. The molecule has 3 heterocycles. The van der Waals surface area contributed by atoms with Gasteiger partial charge in [-0.2, -0.15) is 15.0 Å². The average molecular weight is 256 g/mol. The summed E-state index contributed by atoms with van der Waals surface area (Å²) in [7, 11) is 0. The first kappa shape index (κ1) is 11.8. The zero-order valence-corrected chi connectivity index (χ0v) is 10.7. The Balaban J connectivity index is 1.85. The molecule has 1 saturated heterocycles. The van der Waals surface area contributed by atoms with E-state index in [0.29, 0.717) is 18.2 Å². The molecule has 1 aliphatic rings. The van der Waals surface area contributed by atoms with Gasteiger partial charge in [-0.3, -0.25) is 4.98 Å². The standard InChI is InChI=1S/C13H16N6/c14-12-16-11(8-10-4-3-5-15-9-10)17-13(18-12)19-6-1-2-7-19/h3-5,9H,1-2,6-8H2,(H2,14,16,17,18). The summed E-state index contributed by atoms with van der Waals surface area (Å²) in [6, 6.07) is 3.91. The lowest BCUT2D eigenvalue weighted by atomic mass is 10.2. The molecule has 0 radical (unpaired) electrons. The Bertz CT molecular complexity index is 550. The van der Waals surface area contributed by atoms with Crippen LogP contribution in [0.3, 0.4) is 0 Å². The van der Waals surface area contributed by atoms with Gasteiger partial charge in [0.1, 0.15) is 5.82 Å². The Hall–Kier alpha value is -2.24. The van der Waals surface area contributed by atoms with Crippen LogP contribution in [0.1, 0.15) is 24.2 Å². The fourth-order valence-electron chi connectivity index (χ4n) is 2.25.